The molecule has 0 amide bonds. The van der Waals surface area contributed by atoms with Gasteiger partial charge in [-0.25, -0.2) is 0 Å². The van der Waals surface area contributed by atoms with Crippen LogP contribution in [0.25, 0.3) is 0 Å². The van der Waals surface area contributed by atoms with E-state index in [1.807, 2.05) is 0 Å². The first kappa shape index (κ1) is 13.4. The van der Waals surface area contributed by atoms with E-state index in [1.54, 1.807) is 0 Å². The van der Waals surface area contributed by atoms with Gasteiger partial charge in [0.2, 0.25) is 0 Å². The predicted molar refractivity (Wildman–Crippen MR) is 72.0 cm³/mol. The van der Waals surface area contributed by atoms with Crippen molar-refractivity contribution in [2.45, 2.75) is 64.4 Å². The van der Waals surface area contributed by atoms with Crippen LogP contribution in [-0.2, 0) is 0 Å². The molecule has 1 N–H and O–H groups in total. The molecule has 2 unspecified atom stereocenters. The zero-order valence-electron chi connectivity index (χ0n) is 11.4. The molecule has 2 rings (SSSR count). The van der Waals surface area contributed by atoms with Crippen molar-refractivity contribution in [1.29, 1.82) is 0 Å². The molecular weight excluding hydrogens is 210 g/mol. The zero-order chi connectivity index (χ0) is 12.1. The van der Waals surface area contributed by atoms with E-state index in [-0.39, 0.29) is 6.10 Å². The molecule has 0 saturated heterocycles. The van der Waals surface area contributed by atoms with Gasteiger partial charge < -0.3 is 10.0 Å². The zero-order valence-corrected chi connectivity index (χ0v) is 11.4. The second-order valence-corrected chi connectivity index (χ2v) is 6.17. The third-order valence-corrected chi connectivity index (χ3v) is 4.36. The van der Waals surface area contributed by atoms with Crippen LogP contribution in [0.4, 0.5) is 0 Å². The summed E-state index contributed by atoms with van der Waals surface area (Å²) in [5, 5.41) is 10.2. The molecule has 2 atom stereocenters. The molecule has 0 spiro atoms. The van der Waals surface area contributed by atoms with E-state index in [2.05, 4.69) is 11.8 Å². The van der Waals surface area contributed by atoms with Gasteiger partial charge in [0.05, 0.1) is 6.10 Å². The average molecular weight is 239 g/mol. The van der Waals surface area contributed by atoms with Crippen LogP contribution in [0.1, 0.15) is 58.3 Å². The first-order chi connectivity index (χ1) is 8.29. The fourth-order valence-corrected chi connectivity index (χ4v) is 3.15. The van der Waals surface area contributed by atoms with E-state index in [1.165, 1.54) is 58.0 Å². The van der Waals surface area contributed by atoms with Gasteiger partial charge in [-0.1, -0.05) is 26.2 Å². The maximum absolute atomic E-state index is 10.2. The minimum absolute atomic E-state index is 0.0314. The predicted octanol–water partition coefficient (Wildman–Crippen LogP) is 3.05. The Kier molecular flexibility index (Phi) is 5.30. The van der Waals surface area contributed by atoms with Crippen LogP contribution >= 0.6 is 0 Å². The molecular formula is C15H29NO. The van der Waals surface area contributed by atoms with Crippen molar-refractivity contribution in [3.05, 3.63) is 0 Å². The van der Waals surface area contributed by atoms with Crippen LogP contribution in [-0.4, -0.2) is 35.7 Å². The SMILES string of the molecule is CCCN(CC1CC1)CC1CCCCCC1O. The summed E-state index contributed by atoms with van der Waals surface area (Å²) in [6.45, 7) is 5.92. The fraction of sp³-hybridized carbons (Fsp3) is 1.00. The Morgan fingerprint density at radius 2 is 1.76 bits per heavy atom. The Balaban J connectivity index is 1.80. The van der Waals surface area contributed by atoms with Crippen LogP contribution in [0.2, 0.25) is 0 Å². The molecule has 0 aromatic carbocycles. The summed E-state index contributed by atoms with van der Waals surface area (Å²) in [5.74, 6) is 1.52. The lowest BCUT2D eigenvalue weighted by molar-refractivity contribution is 0.0720. The Bertz CT molecular complexity index is 215. The number of nitrogens with zero attached hydrogens (tertiary/aromatic N) is 1. The lowest BCUT2D eigenvalue weighted by Gasteiger charge is -2.29. The van der Waals surface area contributed by atoms with Crippen molar-refractivity contribution in [2.24, 2.45) is 11.8 Å². The van der Waals surface area contributed by atoms with Gasteiger partial charge in [-0.2, -0.15) is 0 Å². The van der Waals surface area contributed by atoms with Gasteiger partial charge in [0.1, 0.15) is 0 Å². The van der Waals surface area contributed by atoms with Crippen LogP contribution in [0.3, 0.4) is 0 Å². The molecule has 2 fully saturated rings. The van der Waals surface area contributed by atoms with Gasteiger partial charge in [0.25, 0.3) is 0 Å². The topological polar surface area (TPSA) is 23.5 Å². The van der Waals surface area contributed by atoms with Gasteiger partial charge in [0, 0.05) is 13.1 Å². The highest BCUT2D eigenvalue weighted by atomic mass is 16.3. The van der Waals surface area contributed by atoms with Crippen LogP contribution in [0.5, 0.6) is 0 Å². The van der Waals surface area contributed by atoms with Gasteiger partial charge in [-0.05, 0) is 50.5 Å². The van der Waals surface area contributed by atoms with E-state index in [4.69, 9.17) is 0 Å². The third kappa shape index (κ3) is 4.59. The summed E-state index contributed by atoms with van der Waals surface area (Å²) in [5.41, 5.74) is 0. The molecule has 17 heavy (non-hydrogen) atoms. The first-order valence-electron chi connectivity index (χ1n) is 7.70. The minimum atomic E-state index is -0.0314. The van der Waals surface area contributed by atoms with Crippen molar-refractivity contribution < 1.29 is 5.11 Å². The van der Waals surface area contributed by atoms with E-state index in [9.17, 15) is 5.11 Å². The molecule has 2 nitrogen and oxygen atoms in total. The monoisotopic (exact) mass is 239 g/mol. The normalized spacial score (nSPS) is 30.5. The summed E-state index contributed by atoms with van der Waals surface area (Å²) < 4.78 is 0. The molecule has 2 saturated carbocycles. The van der Waals surface area contributed by atoms with Crippen LogP contribution < -0.4 is 0 Å². The van der Waals surface area contributed by atoms with Crippen molar-refractivity contribution in [3.63, 3.8) is 0 Å². The Morgan fingerprint density at radius 1 is 1.00 bits per heavy atom. The molecule has 0 aliphatic heterocycles. The van der Waals surface area contributed by atoms with E-state index < -0.39 is 0 Å². The maximum Gasteiger partial charge on any atom is 0.0580 e. The Labute approximate surface area is 106 Å². The summed E-state index contributed by atoms with van der Waals surface area (Å²) >= 11 is 0. The number of aliphatic hydroxyl groups is 1. The Hall–Kier alpha value is -0.0800. The van der Waals surface area contributed by atoms with Crippen LogP contribution in [0.15, 0.2) is 0 Å². The van der Waals surface area contributed by atoms with Crippen molar-refractivity contribution in [2.75, 3.05) is 19.6 Å². The van der Waals surface area contributed by atoms with Gasteiger partial charge in [-0.15, -0.1) is 0 Å². The lowest BCUT2D eigenvalue weighted by atomic mass is 9.96. The second-order valence-electron chi connectivity index (χ2n) is 6.17. The molecule has 0 bridgehead atoms. The standard InChI is InChI=1S/C15H29NO/c1-2-10-16(11-13-8-9-13)12-14-6-4-3-5-7-15(14)17/h13-15,17H,2-12H2,1H3. The molecule has 2 heteroatoms. The summed E-state index contributed by atoms with van der Waals surface area (Å²) in [6.07, 6.45) is 10.2. The van der Waals surface area contributed by atoms with E-state index >= 15 is 0 Å². The molecule has 2 aliphatic carbocycles. The van der Waals surface area contributed by atoms with Crippen molar-refractivity contribution in [3.8, 4) is 0 Å². The maximum atomic E-state index is 10.2. The highest BCUT2D eigenvalue weighted by Gasteiger charge is 2.28. The van der Waals surface area contributed by atoms with Crippen LogP contribution in [0, 0.1) is 11.8 Å². The number of hydrogen-bond donors (Lipinski definition) is 1. The smallest absolute Gasteiger partial charge is 0.0580 e. The molecule has 0 heterocycles. The van der Waals surface area contributed by atoms with Gasteiger partial charge in [0.15, 0.2) is 0 Å². The largest absolute Gasteiger partial charge is 0.393 e. The lowest BCUT2D eigenvalue weighted by Crippen LogP contribution is -2.36. The molecule has 2 aliphatic rings. The van der Waals surface area contributed by atoms with E-state index in [0.29, 0.717) is 5.92 Å². The van der Waals surface area contributed by atoms with Gasteiger partial charge in [-0.3, -0.25) is 0 Å². The quantitative estimate of drug-likeness (QED) is 0.720. The summed E-state index contributed by atoms with van der Waals surface area (Å²) in [6, 6.07) is 0. The first-order valence-corrected chi connectivity index (χ1v) is 7.70. The van der Waals surface area contributed by atoms with Gasteiger partial charge >= 0.3 is 0 Å². The molecule has 0 aromatic heterocycles. The number of aliphatic hydroxyl groups excluding tert-OH is 1. The second kappa shape index (κ2) is 6.75. The number of rotatable bonds is 6. The highest BCUT2D eigenvalue weighted by Crippen LogP contribution is 2.31. The molecule has 0 radical (unpaired) electrons. The Morgan fingerprint density at radius 3 is 2.47 bits per heavy atom. The summed E-state index contributed by atoms with van der Waals surface area (Å²) in [4.78, 5) is 2.62. The minimum Gasteiger partial charge on any atom is -0.393 e. The molecule has 0 aromatic rings. The fourth-order valence-electron chi connectivity index (χ4n) is 3.15. The van der Waals surface area contributed by atoms with E-state index in [0.717, 1.165) is 18.9 Å². The average Bonchev–Trinajstić information content (AvgIpc) is 3.11. The van der Waals surface area contributed by atoms with Crippen molar-refractivity contribution in [1.82, 2.24) is 4.90 Å². The highest BCUT2D eigenvalue weighted by molar-refractivity contribution is 4.81. The van der Waals surface area contributed by atoms with Crippen molar-refractivity contribution >= 4 is 0 Å². The summed E-state index contributed by atoms with van der Waals surface area (Å²) in [7, 11) is 0. The number of hydrogen-bond acceptors (Lipinski definition) is 2. The third-order valence-electron chi connectivity index (χ3n) is 4.36. The molecule has 100 valence electrons.